The summed E-state index contributed by atoms with van der Waals surface area (Å²) in [4.78, 5) is 4.71. The fraction of sp³-hybridized carbons (Fsp3) is 0.462. The first kappa shape index (κ1) is 11.0. The molecule has 1 fully saturated rings. The number of nitrogen functional groups attached to an aromatic ring is 1. The lowest BCUT2D eigenvalue weighted by Gasteiger charge is -2.24. The van der Waals surface area contributed by atoms with Crippen LogP contribution in [0.15, 0.2) is 18.2 Å². The lowest BCUT2D eigenvalue weighted by atomic mass is 9.87. The first-order valence-corrected chi connectivity index (χ1v) is 6.95. The maximum absolute atomic E-state index is 6.04. The van der Waals surface area contributed by atoms with Crippen LogP contribution in [-0.4, -0.2) is 11.0 Å². The minimum atomic E-state index is 0.353. The SMILES string of the molecule is Nc1ccc2sc(C3CCCC(N)C3)nc2c1. The molecular formula is C13H17N3S. The van der Waals surface area contributed by atoms with Crippen molar-refractivity contribution in [1.29, 1.82) is 0 Å². The lowest BCUT2D eigenvalue weighted by molar-refractivity contribution is 0.393. The van der Waals surface area contributed by atoms with Gasteiger partial charge in [-0.3, -0.25) is 0 Å². The van der Waals surface area contributed by atoms with Gasteiger partial charge in [-0.2, -0.15) is 0 Å². The van der Waals surface area contributed by atoms with Gasteiger partial charge in [0.25, 0.3) is 0 Å². The Labute approximate surface area is 105 Å². The molecule has 17 heavy (non-hydrogen) atoms. The molecule has 2 unspecified atom stereocenters. The van der Waals surface area contributed by atoms with Gasteiger partial charge in [0.05, 0.1) is 15.2 Å². The molecule has 90 valence electrons. The average molecular weight is 247 g/mol. The zero-order valence-electron chi connectivity index (χ0n) is 9.73. The number of hydrogen-bond donors (Lipinski definition) is 2. The third-order valence-corrected chi connectivity index (χ3v) is 4.69. The summed E-state index contributed by atoms with van der Waals surface area (Å²) >= 11 is 1.79. The minimum absolute atomic E-state index is 0.353. The third kappa shape index (κ3) is 2.15. The minimum Gasteiger partial charge on any atom is -0.399 e. The molecule has 1 aliphatic rings. The van der Waals surface area contributed by atoms with E-state index in [0.29, 0.717) is 12.0 Å². The van der Waals surface area contributed by atoms with E-state index >= 15 is 0 Å². The van der Waals surface area contributed by atoms with Crippen molar-refractivity contribution in [2.75, 3.05) is 5.73 Å². The summed E-state index contributed by atoms with van der Waals surface area (Å²) in [6, 6.07) is 6.31. The first-order valence-electron chi connectivity index (χ1n) is 6.14. The predicted molar refractivity (Wildman–Crippen MR) is 73.2 cm³/mol. The van der Waals surface area contributed by atoms with Gasteiger partial charge in [0, 0.05) is 17.6 Å². The van der Waals surface area contributed by atoms with Crippen LogP contribution in [0, 0.1) is 0 Å². The summed E-state index contributed by atoms with van der Waals surface area (Å²) in [5.41, 5.74) is 13.6. The van der Waals surface area contributed by atoms with E-state index in [2.05, 4.69) is 6.07 Å². The highest BCUT2D eigenvalue weighted by Crippen LogP contribution is 2.36. The number of fused-ring (bicyclic) bond motifs is 1. The van der Waals surface area contributed by atoms with E-state index < -0.39 is 0 Å². The van der Waals surface area contributed by atoms with Gasteiger partial charge in [0.2, 0.25) is 0 Å². The molecule has 0 bridgehead atoms. The normalized spacial score (nSPS) is 25.2. The number of hydrogen-bond acceptors (Lipinski definition) is 4. The van der Waals surface area contributed by atoms with Crippen LogP contribution in [-0.2, 0) is 0 Å². The molecular weight excluding hydrogens is 230 g/mol. The van der Waals surface area contributed by atoms with Crippen molar-refractivity contribution in [2.45, 2.75) is 37.6 Å². The molecule has 0 amide bonds. The van der Waals surface area contributed by atoms with Crippen LogP contribution in [0.1, 0.15) is 36.6 Å². The van der Waals surface area contributed by atoms with Gasteiger partial charge in [-0.15, -0.1) is 11.3 Å². The number of rotatable bonds is 1. The topological polar surface area (TPSA) is 64.9 Å². The Balaban J connectivity index is 1.94. The molecule has 1 heterocycles. The van der Waals surface area contributed by atoms with Gasteiger partial charge < -0.3 is 11.5 Å². The fourth-order valence-electron chi connectivity index (χ4n) is 2.59. The van der Waals surface area contributed by atoms with Gasteiger partial charge in [-0.25, -0.2) is 4.98 Å². The molecule has 3 nitrogen and oxygen atoms in total. The molecule has 1 aromatic heterocycles. The quantitative estimate of drug-likeness (QED) is 0.762. The molecule has 0 aliphatic heterocycles. The Hall–Kier alpha value is -1.13. The van der Waals surface area contributed by atoms with E-state index in [1.54, 1.807) is 11.3 Å². The van der Waals surface area contributed by atoms with Crippen molar-refractivity contribution in [1.82, 2.24) is 4.98 Å². The molecule has 1 saturated carbocycles. The van der Waals surface area contributed by atoms with Gasteiger partial charge in [0.1, 0.15) is 0 Å². The molecule has 4 heteroatoms. The maximum atomic E-state index is 6.04. The van der Waals surface area contributed by atoms with Gasteiger partial charge in [0.15, 0.2) is 0 Å². The third-order valence-electron chi connectivity index (χ3n) is 3.49. The zero-order valence-corrected chi connectivity index (χ0v) is 10.5. The zero-order chi connectivity index (χ0) is 11.8. The molecule has 4 N–H and O–H groups in total. The standard InChI is InChI=1S/C13H17N3S/c14-9-3-1-2-8(6-9)13-16-11-7-10(15)4-5-12(11)17-13/h4-5,7-9H,1-3,6,14-15H2. The van der Waals surface area contributed by atoms with Crippen LogP contribution in [0.5, 0.6) is 0 Å². The summed E-state index contributed by atoms with van der Waals surface area (Å²) in [7, 11) is 0. The second kappa shape index (κ2) is 4.27. The van der Waals surface area contributed by atoms with E-state index in [1.165, 1.54) is 22.5 Å². The Morgan fingerprint density at radius 1 is 1.29 bits per heavy atom. The fourth-order valence-corrected chi connectivity index (χ4v) is 3.68. The molecule has 2 atom stereocenters. The van der Waals surface area contributed by atoms with E-state index in [1.807, 2.05) is 12.1 Å². The summed E-state index contributed by atoms with van der Waals surface area (Å²) in [6.45, 7) is 0. The predicted octanol–water partition coefficient (Wildman–Crippen LogP) is 2.86. The second-order valence-corrected chi connectivity index (χ2v) is 5.97. The number of aromatic nitrogens is 1. The van der Waals surface area contributed by atoms with E-state index in [-0.39, 0.29) is 0 Å². The Kier molecular flexibility index (Phi) is 2.76. The molecule has 1 aromatic carbocycles. The van der Waals surface area contributed by atoms with Crippen molar-refractivity contribution in [2.24, 2.45) is 5.73 Å². The Morgan fingerprint density at radius 3 is 3.00 bits per heavy atom. The lowest BCUT2D eigenvalue weighted by Crippen LogP contribution is -2.26. The number of anilines is 1. The van der Waals surface area contributed by atoms with Gasteiger partial charge in [-0.1, -0.05) is 6.42 Å². The number of thiazole rings is 1. The summed E-state index contributed by atoms with van der Waals surface area (Å²) in [5.74, 6) is 0.553. The second-order valence-electron chi connectivity index (χ2n) is 4.90. The molecule has 3 rings (SSSR count). The number of nitrogens with two attached hydrogens (primary N) is 2. The smallest absolute Gasteiger partial charge is 0.0970 e. The monoisotopic (exact) mass is 247 g/mol. The average Bonchev–Trinajstić information content (AvgIpc) is 2.72. The van der Waals surface area contributed by atoms with Gasteiger partial charge >= 0.3 is 0 Å². The van der Waals surface area contributed by atoms with Crippen LogP contribution in [0.2, 0.25) is 0 Å². The molecule has 0 spiro atoms. The van der Waals surface area contributed by atoms with Crippen molar-refractivity contribution in [3.63, 3.8) is 0 Å². The van der Waals surface area contributed by atoms with Crippen LogP contribution >= 0.6 is 11.3 Å². The van der Waals surface area contributed by atoms with Crippen molar-refractivity contribution >= 4 is 27.2 Å². The molecule has 0 saturated heterocycles. The van der Waals surface area contributed by atoms with Crippen LogP contribution in [0.25, 0.3) is 10.2 Å². The highest BCUT2D eigenvalue weighted by Gasteiger charge is 2.23. The van der Waals surface area contributed by atoms with E-state index in [4.69, 9.17) is 16.5 Å². The van der Waals surface area contributed by atoms with Crippen LogP contribution in [0.3, 0.4) is 0 Å². The van der Waals surface area contributed by atoms with Crippen molar-refractivity contribution in [3.8, 4) is 0 Å². The van der Waals surface area contributed by atoms with Crippen molar-refractivity contribution in [3.05, 3.63) is 23.2 Å². The Bertz CT molecular complexity index is 534. The number of benzene rings is 1. The van der Waals surface area contributed by atoms with Crippen LogP contribution in [0.4, 0.5) is 5.69 Å². The highest BCUT2D eigenvalue weighted by atomic mass is 32.1. The molecule has 2 aromatic rings. The Morgan fingerprint density at radius 2 is 2.18 bits per heavy atom. The summed E-state index contributed by atoms with van der Waals surface area (Å²) in [6.07, 6.45) is 4.69. The first-order chi connectivity index (χ1) is 8.22. The summed E-state index contributed by atoms with van der Waals surface area (Å²) in [5, 5.41) is 1.24. The largest absolute Gasteiger partial charge is 0.399 e. The summed E-state index contributed by atoms with van der Waals surface area (Å²) < 4.78 is 1.23. The van der Waals surface area contributed by atoms with E-state index in [0.717, 1.165) is 24.0 Å². The number of nitrogens with zero attached hydrogens (tertiary/aromatic N) is 1. The van der Waals surface area contributed by atoms with E-state index in [9.17, 15) is 0 Å². The van der Waals surface area contributed by atoms with Crippen LogP contribution < -0.4 is 11.5 Å². The molecule has 0 radical (unpaired) electrons. The van der Waals surface area contributed by atoms with Crippen molar-refractivity contribution < 1.29 is 0 Å². The highest BCUT2D eigenvalue weighted by molar-refractivity contribution is 7.18. The maximum Gasteiger partial charge on any atom is 0.0970 e. The van der Waals surface area contributed by atoms with Gasteiger partial charge in [-0.05, 0) is 37.5 Å². The molecule has 1 aliphatic carbocycles.